The Labute approximate surface area is 143 Å². The molecule has 7 heteroatoms. The molecule has 0 aliphatic rings. The maximum absolute atomic E-state index is 12.4. The zero-order valence-electron chi connectivity index (χ0n) is 14.4. The molecule has 0 heterocycles. The lowest BCUT2D eigenvalue weighted by Gasteiger charge is -2.21. The summed E-state index contributed by atoms with van der Waals surface area (Å²) in [4.78, 5) is 30.2. The monoisotopic (exact) mass is 357 g/mol. The predicted octanol–water partition coefficient (Wildman–Crippen LogP) is 3.56. The lowest BCUT2D eigenvalue weighted by molar-refractivity contribution is -0.125. The van der Waals surface area contributed by atoms with Crippen molar-refractivity contribution in [1.29, 1.82) is 0 Å². The number of nitrogens with one attached hydrogen (secondary N) is 1. The first-order valence-electron chi connectivity index (χ1n) is 8.39. The number of rotatable bonds is 11. The summed E-state index contributed by atoms with van der Waals surface area (Å²) < 4.78 is 15.5. The molecule has 136 valence electrons. The summed E-state index contributed by atoms with van der Waals surface area (Å²) in [5.41, 5.74) is 0.748. The van der Waals surface area contributed by atoms with Crippen LogP contribution in [0.3, 0.4) is 0 Å². The third kappa shape index (κ3) is 8.60. The molecular weight excluding hydrogens is 329 g/mol. The van der Waals surface area contributed by atoms with E-state index >= 15 is 0 Å². The van der Waals surface area contributed by atoms with E-state index in [-0.39, 0.29) is 18.4 Å². The molecule has 6 nitrogen and oxygen atoms in total. The average Bonchev–Trinajstić information content (AvgIpc) is 2.55. The van der Waals surface area contributed by atoms with Crippen molar-refractivity contribution in [3.05, 3.63) is 35.9 Å². The molecule has 0 radical (unpaired) electrons. The van der Waals surface area contributed by atoms with Crippen LogP contribution in [-0.4, -0.2) is 22.3 Å². The number of benzene rings is 1. The molecule has 0 bridgehead atoms. The summed E-state index contributed by atoms with van der Waals surface area (Å²) in [6.07, 6.45) is 5.22. The van der Waals surface area contributed by atoms with Crippen molar-refractivity contribution in [1.82, 2.24) is 5.32 Å². The Balaban J connectivity index is 2.63. The van der Waals surface area contributed by atoms with Crippen LogP contribution in [0, 0.1) is 5.92 Å². The Kier molecular flexibility index (Phi) is 9.22. The minimum absolute atomic E-state index is 0.130. The third-order valence-corrected chi connectivity index (χ3v) is 4.35. The standard InChI is InChI=1S/C17H28NO5P/c1-3-4-5-7-10-14(2)17(19)18-16(13-23-24(20,21)22)15-11-8-6-9-12-15/h6,8-9,11-12,14,16H,3-5,7,10,13H2,1-2H3,(H,18,19)(H2,20,21,22)/t14?,16-/m0/s1. The number of phosphoric ester groups is 1. The van der Waals surface area contributed by atoms with E-state index in [2.05, 4.69) is 16.8 Å². The van der Waals surface area contributed by atoms with Gasteiger partial charge in [-0.25, -0.2) is 4.57 Å². The third-order valence-electron chi connectivity index (χ3n) is 3.87. The molecule has 1 aromatic rings. The van der Waals surface area contributed by atoms with Crippen LogP contribution in [0.2, 0.25) is 0 Å². The van der Waals surface area contributed by atoms with E-state index in [4.69, 9.17) is 9.79 Å². The summed E-state index contributed by atoms with van der Waals surface area (Å²) in [5, 5.41) is 2.84. The molecule has 0 aliphatic carbocycles. The van der Waals surface area contributed by atoms with E-state index in [9.17, 15) is 9.36 Å². The molecule has 0 saturated carbocycles. The average molecular weight is 357 g/mol. The zero-order chi connectivity index (χ0) is 18.0. The van der Waals surface area contributed by atoms with E-state index in [0.29, 0.717) is 0 Å². The Morgan fingerprint density at radius 3 is 2.46 bits per heavy atom. The number of phosphoric acid groups is 1. The number of hydrogen-bond acceptors (Lipinski definition) is 3. The fourth-order valence-electron chi connectivity index (χ4n) is 2.40. The minimum Gasteiger partial charge on any atom is -0.347 e. The van der Waals surface area contributed by atoms with Crippen molar-refractivity contribution >= 4 is 13.7 Å². The molecule has 0 spiro atoms. The van der Waals surface area contributed by atoms with Crippen LogP contribution in [0.15, 0.2) is 30.3 Å². The molecule has 0 aromatic heterocycles. The van der Waals surface area contributed by atoms with E-state index in [1.54, 1.807) is 24.3 Å². The number of hydrogen-bond donors (Lipinski definition) is 3. The van der Waals surface area contributed by atoms with Gasteiger partial charge >= 0.3 is 7.82 Å². The molecule has 2 atom stereocenters. The van der Waals surface area contributed by atoms with Gasteiger partial charge in [-0.1, -0.05) is 69.9 Å². The second-order valence-corrected chi connectivity index (χ2v) is 7.25. The van der Waals surface area contributed by atoms with Gasteiger partial charge in [-0.3, -0.25) is 9.32 Å². The highest BCUT2D eigenvalue weighted by Gasteiger charge is 2.23. The summed E-state index contributed by atoms with van der Waals surface area (Å²) in [7, 11) is -4.58. The van der Waals surface area contributed by atoms with E-state index in [1.807, 2.05) is 13.0 Å². The summed E-state index contributed by atoms with van der Waals surface area (Å²) in [6, 6.07) is 8.44. The van der Waals surface area contributed by atoms with Crippen LogP contribution in [0.4, 0.5) is 0 Å². The Morgan fingerprint density at radius 2 is 1.88 bits per heavy atom. The van der Waals surface area contributed by atoms with Crippen LogP contribution in [0.5, 0.6) is 0 Å². The van der Waals surface area contributed by atoms with Crippen molar-refractivity contribution in [3.63, 3.8) is 0 Å². The summed E-state index contributed by atoms with van der Waals surface area (Å²) in [5.74, 6) is -0.280. The van der Waals surface area contributed by atoms with Crippen LogP contribution in [0.1, 0.15) is 57.6 Å². The maximum Gasteiger partial charge on any atom is 0.469 e. The molecule has 24 heavy (non-hydrogen) atoms. The van der Waals surface area contributed by atoms with Gasteiger partial charge in [0.05, 0.1) is 12.6 Å². The first kappa shape index (κ1) is 20.8. The van der Waals surface area contributed by atoms with Gasteiger partial charge in [0.15, 0.2) is 0 Å². The molecular formula is C17H28NO5P. The van der Waals surface area contributed by atoms with Gasteiger partial charge in [-0.2, -0.15) is 0 Å². The van der Waals surface area contributed by atoms with Gasteiger partial charge in [0.25, 0.3) is 0 Å². The van der Waals surface area contributed by atoms with E-state index < -0.39 is 13.9 Å². The van der Waals surface area contributed by atoms with Gasteiger partial charge in [0.2, 0.25) is 5.91 Å². The summed E-state index contributed by atoms with van der Waals surface area (Å²) >= 11 is 0. The molecule has 0 saturated heterocycles. The summed E-state index contributed by atoms with van der Waals surface area (Å²) in [6.45, 7) is 3.73. The minimum atomic E-state index is -4.58. The fourth-order valence-corrected chi connectivity index (χ4v) is 2.74. The maximum atomic E-state index is 12.4. The van der Waals surface area contributed by atoms with Crippen LogP contribution < -0.4 is 5.32 Å². The van der Waals surface area contributed by atoms with Gasteiger partial charge in [0, 0.05) is 5.92 Å². The first-order chi connectivity index (χ1) is 11.3. The Morgan fingerprint density at radius 1 is 1.21 bits per heavy atom. The normalized spacial score (nSPS) is 14.2. The number of carbonyl (C=O) groups excluding carboxylic acids is 1. The highest BCUT2D eigenvalue weighted by atomic mass is 31.2. The second-order valence-electron chi connectivity index (χ2n) is 6.01. The number of carbonyl (C=O) groups is 1. The molecule has 1 amide bonds. The van der Waals surface area contributed by atoms with Crippen molar-refractivity contribution in [3.8, 4) is 0 Å². The molecule has 0 aliphatic heterocycles. The fraction of sp³-hybridized carbons (Fsp3) is 0.588. The largest absolute Gasteiger partial charge is 0.469 e. The van der Waals surface area contributed by atoms with Gasteiger partial charge in [-0.05, 0) is 12.0 Å². The molecule has 3 N–H and O–H groups in total. The Bertz CT molecular complexity index is 531. The molecule has 1 rings (SSSR count). The predicted molar refractivity (Wildman–Crippen MR) is 93.2 cm³/mol. The number of amides is 1. The van der Waals surface area contributed by atoms with Crippen molar-refractivity contribution in [2.75, 3.05) is 6.61 Å². The zero-order valence-corrected chi connectivity index (χ0v) is 15.2. The first-order valence-corrected chi connectivity index (χ1v) is 9.92. The van der Waals surface area contributed by atoms with E-state index in [1.165, 1.54) is 0 Å². The lowest BCUT2D eigenvalue weighted by Crippen LogP contribution is -2.35. The second kappa shape index (κ2) is 10.6. The van der Waals surface area contributed by atoms with Crippen LogP contribution >= 0.6 is 7.82 Å². The molecule has 1 aromatic carbocycles. The van der Waals surface area contributed by atoms with Crippen molar-refractivity contribution in [2.45, 2.75) is 52.0 Å². The molecule has 0 fully saturated rings. The smallest absolute Gasteiger partial charge is 0.347 e. The van der Waals surface area contributed by atoms with Crippen LogP contribution in [-0.2, 0) is 13.9 Å². The highest BCUT2D eigenvalue weighted by Crippen LogP contribution is 2.37. The number of unbranched alkanes of at least 4 members (excludes halogenated alkanes) is 3. The topological polar surface area (TPSA) is 95.9 Å². The molecule has 1 unspecified atom stereocenters. The van der Waals surface area contributed by atoms with Crippen molar-refractivity contribution in [2.24, 2.45) is 5.92 Å². The van der Waals surface area contributed by atoms with Gasteiger partial charge in [-0.15, -0.1) is 0 Å². The van der Waals surface area contributed by atoms with Crippen molar-refractivity contribution < 1.29 is 23.7 Å². The van der Waals surface area contributed by atoms with Gasteiger partial charge in [0.1, 0.15) is 0 Å². The quantitative estimate of drug-likeness (QED) is 0.416. The van der Waals surface area contributed by atoms with E-state index in [0.717, 1.165) is 37.7 Å². The Hall–Kier alpha value is -1.20. The van der Waals surface area contributed by atoms with Crippen LogP contribution in [0.25, 0.3) is 0 Å². The van der Waals surface area contributed by atoms with Gasteiger partial charge < -0.3 is 15.1 Å². The SMILES string of the molecule is CCCCCCC(C)C(=O)N[C@@H](COP(=O)(O)O)c1ccccc1. The lowest BCUT2D eigenvalue weighted by atomic mass is 10.0. The highest BCUT2D eigenvalue weighted by molar-refractivity contribution is 7.46.